The zero-order valence-corrected chi connectivity index (χ0v) is 19.9. The molecule has 2 heterocycles. The summed E-state index contributed by atoms with van der Waals surface area (Å²) in [6, 6.07) is 4.14. The van der Waals surface area contributed by atoms with Gasteiger partial charge in [0.25, 0.3) is 5.69 Å². The van der Waals surface area contributed by atoms with Crippen LogP contribution in [0.25, 0.3) is 0 Å². The number of rotatable bonds is 7. The molecule has 2 aromatic rings. The summed E-state index contributed by atoms with van der Waals surface area (Å²) in [5.41, 5.74) is 0.769. The Hall–Kier alpha value is -2.02. The molecule has 1 saturated heterocycles. The molecule has 0 spiro atoms. The molecular formula is C19H25N3O6S3. The third-order valence-corrected chi connectivity index (χ3v) is 10.2. The minimum Gasteiger partial charge on any atom is -0.376 e. The van der Waals surface area contributed by atoms with Gasteiger partial charge in [0, 0.05) is 30.1 Å². The van der Waals surface area contributed by atoms with Crippen molar-refractivity contribution in [2.75, 3.05) is 23.9 Å². The molecule has 1 aliphatic heterocycles. The Kier molecular flexibility index (Phi) is 6.75. The van der Waals surface area contributed by atoms with E-state index in [9.17, 15) is 26.9 Å². The minimum atomic E-state index is -3.98. The van der Waals surface area contributed by atoms with E-state index >= 15 is 0 Å². The van der Waals surface area contributed by atoms with Crippen molar-refractivity contribution in [1.29, 1.82) is 0 Å². The molecule has 31 heavy (non-hydrogen) atoms. The summed E-state index contributed by atoms with van der Waals surface area (Å²) in [6.45, 7) is 3.46. The molecule has 0 bridgehead atoms. The van der Waals surface area contributed by atoms with Gasteiger partial charge in [0.05, 0.1) is 21.3 Å². The number of sulfone groups is 1. The maximum atomic E-state index is 13.2. The fourth-order valence-corrected chi connectivity index (χ4v) is 7.73. The van der Waals surface area contributed by atoms with Crippen molar-refractivity contribution in [3.63, 3.8) is 0 Å². The third-order valence-electron chi connectivity index (χ3n) is 5.41. The zero-order chi connectivity index (χ0) is 23.0. The predicted molar refractivity (Wildman–Crippen MR) is 121 cm³/mol. The van der Waals surface area contributed by atoms with Crippen LogP contribution in [-0.4, -0.2) is 50.7 Å². The smallest absolute Gasteiger partial charge is 0.296 e. The number of nitro benzene ring substituents is 1. The summed E-state index contributed by atoms with van der Waals surface area (Å²) in [5.74, 6) is 0.00564. The summed E-state index contributed by atoms with van der Waals surface area (Å²) in [6.07, 6.45) is 1.05. The fraction of sp³-hybridized carbons (Fsp3) is 0.474. The third kappa shape index (κ3) is 5.08. The second kappa shape index (κ2) is 8.85. The summed E-state index contributed by atoms with van der Waals surface area (Å²) in [7, 11) is -5.73. The van der Waals surface area contributed by atoms with Gasteiger partial charge in [-0.1, -0.05) is 0 Å². The van der Waals surface area contributed by atoms with Crippen LogP contribution < -0.4 is 5.32 Å². The second-order valence-corrected chi connectivity index (χ2v) is 13.0. The van der Waals surface area contributed by atoms with E-state index in [0.29, 0.717) is 12.8 Å². The monoisotopic (exact) mass is 487 g/mol. The van der Waals surface area contributed by atoms with Crippen LogP contribution >= 0.6 is 11.3 Å². The van der Waals surface area contributed by atoms with Gasteiger partial charge in [-0.2, -0.15) is 4.31 Å². The molecule has 170 valence electrons. The van der Waals surface area contributed by atoms with Gasteiger partial charge in [-0.25, -0.2) is 16.8 Å². The van der Waals surface area contributed by atoms with Gasteiger partial charge in [-0.05, 0) is 55.8 Å². The Labute approximate surface area is 186 Å². The highest BCUT2D eigenvalue weighted by molar-refractivity contribution is 7.91. The van der Waals surface area contributed by atoms with Gasteiger partial charge in [0.1, 0.15) is 5.69 Å². The maximum absolute atomic E-state index is 13.2. The molecule has 3 rings (SSSR count). The molecule has 0 saturated carbocycles. The first-order valence-electron chi connectivity index (χ1n) is 9.66. The van der Waals surface area contributed by atoms with E-state index in [2.05, 4.69) is 5.32 Å². The van der Waals surface area contributed by atoms with Crippen LogP contribution in [0.15, 0.2) is 28.5 Å². The number of hydrogen-bond donors (Lipinski definition) is 1. The van der Waals surface area contributed by atoms with Gasteiger partial charge in [-0.15, -0.1) is 11.3 Å². The highest BCUT2D eigenvalue weighted by atomic mass is 32.2. The number of nitrogens with zero attached hydrogens (tertiary/aromatic N) is 2. The molecule has 12 heteroatoms. The Morgan fingerprint density at radius 3 is 2.58 bits per heavy atom. The molecule has 0 amide bonds. The van der Waals surface area contributed by atoms with Gasteiger partial charge in [-0.3, -0.25) is 10.1 Å². The largest absolute Gasteiger partial charge is 0.376 e. The lowest BCUT2D eigenvalue weighted by Crippen LogP contribution is -2.35. The molecule has 1 aromatic carbocycles. The molecule has 0 radical (unpaired) electrons. The summed E-state index contributed by atoms with van der Waals surface area (Å²) < 4.78 is 51.3. The molecule has 1 aliphatic rings. The number of nitrogens with one attached hydrogen (secondary N) is 1. The number of anilines is 1. The SMILES string of the molecule is Cc1ccsc1CN(C)S(=O)(=O)c1ccc(NC2CCCS(=O)(=O)C2)c([N+](=O)[O-])c1C. The van der Waals surface area contributed by atoms with Crippen LogP contribution in [0.4, 0.5) is 11.4 Å². The van der Waals surface area contributed by atoms with E-state index < -0.39 is 30.8 Å². The van der Waals surface area contributed by atoms with Gasteiger partial charge >= 0.3 is 0 Å². The summed E-state index contributed by atoms with van der Waals surface area (Å²) in [4.78, 5) is 11.9. The van der Waals surface area contributed by atoms with Crippen molar-refractivity contribution in [2.45, 2.75) is 44.2 Å². The number of aryl methyl sites for hydroxylation is 1. The topological polar surface area (TPSA) is 127 Å². The van der Waals surface area contributed by atoms with E-state index in [1.807, 2.05) is 18.4 Å². The highest BCUT2D eigenvalue weighted by Crippen LogP contribution is 2.35. The van der Waals surface area contributed by atoms with Crippen molar-refractivity contribution in [2.24, 2.45) is 0 Å². The van der Waals surface area contributed by atoms with Gasteiger partial charge in [0.15, 0.2) is 9.84 Å². The number of thiophene rings is 1. The first-order valence-corrected chi connectivity index (χ1v) is 13.8. The Bertz CT molecular complexity index is 1200. The van der Waals surface area contributed by atoms with Crippen LogP contribution in [-0.2, 0) is 26.4 Å². The maximum Gasteiger partial charge on any atom is 0.296 e. The van der Waals surface area contributed by atoms with Crippen LogP contribution in [0.1, 0.15) is 28.8 Å². The van der Waals surface area contributed by atoms with E-state index in [4.69, 9.17) is 0 Å². The number of benzene rings is 1. The summed E-state index contributed by atoms with van der Waals surface area (Å²) >= 11 is 1.45. The predicted octanol–water partition coefficient (Wildman–Crippen LogP) is 3.08. The lowest BCUT2D eigenvalue weighted by atomic mass is 10.1. The molecular weight excluding hydrogens is 462 g/mol. The van der Waals surface area contributed by atoms with Gasteiger partial charge in [0.2, 0.25) is 10.0 Å². The second-order valence-electron chi connectivity index (χ2n) is 7.73. The molecule has 1 aromatic heterocycles. The lowest BCUT2D eigenvalue weighted by Gasteiger charge is -2.24. The zero-order valence-electron chi connectivity index (χ0n) is 17.5. The van der Waals surface area contributed by atoms with E-state index in [1.54, 1.807) is 0 Å². The van der Waals surface area contributed by atoms with Gasteiger partial charge < -0.3 is 5.32 Å². The van der Waals surface area contributed by atoms with E-state index in [0.717, 1.165) is 10.4 Å². The molecule has 1 atom stereocenters. The van der Waals surface area contributed by atoms with Crippen LogP contribution in [0.5, 0.6) is 0 Å². The molecule has 1 N–H and O–H groups in total. The lowest BCUT2D eigenvalue weighted by molar-refractivity contribution is -0.384. The Morgan fingerprint density at radius 1 is 1.29 bits per heavy atom. The molecule has 1 unspecified atom stereocenters. The van der Waals surface area contributed by atoms with Crippen molar-refractivity contribution < 1.29 is 21.8 Å². The van der Waals surface area contributed by atoms with Crippen LogP contribution in [0, 0.1) is 24.0 Å². The first kappa shape index (κ1) is 23.6. The minimum absolute atomic E-state index is 0.0171. The quantitative estimate of drug-likeness (QED) is 0.470. The van der Waals surface area contributed by atoms with Crippen LogP contribution in [0.3, 0.4) is 0 Å². The normalized spacial score (nSPS) is 18.8. The van der Waals surface area contributed by atoms with Crippen LogP contribution in [0.2, 0.25) is 0 Å². The van der Waals surface area contributed by atoms with E-state index in [-0.39, 0.29) is 39.9 Å². The Balaban J connectivity index is 1.94. The number of sulfonamides is 1. The standard InChI is InChI=1S/C19H25N3O6S3/c1-13-8-9-29-17(13)11-21(3)31(27,28)18-7-6-16(19(14(18)2)22(23)24)20-15-5-4-10-30(25,26)12-15/h6-9,15,20H,4-5,10-12H2,1-3H3. The molecule has 0 aliphatic carbocycles. The van der Waals surface area contributed by atoms with Crippen molar-refractivity contribution in [1.82, 2.24) is 4.31 Å². The molecule has 1 fully saturated rings. The first-order chi connectivity index (χ1) is 14.4. The van der Waals surface area contributed by atoms with E-state index in [1.165, 1.54) is 41.7 Å². The fourth-order valence-electron chi connectivity index (χ4n) is 3.69. The number of nitro groups is 1. The average Bonchev–Trinajstić information content (AvgIpc) is 3.05. The van der Waals surface area contributed by atoms with Crippen molar-refractivity contribution >= 4 is 42.6 Å². The summed E-state index contributed by atoms with van der Waals surface area (Å²) in [5, 5.41) is 16.6. The average molecular weight is 488 g/mol. The number of hydrogen-bond acceptors (Lipinski definition) is 8. The molecule has 9 nitrogen and oxygen atoms in total. The van der Waals surface area contributed by atoms with Crippen molar-refractivity contribution in [3.05, 3.63) is 49.7 Å². The van der Waals surface area contributed by atoms with Crippen molar-refractivity contribution in [3.8, 4) is 0 Å². The highest BCUT2D eigenvalue weighted by Gasteiger charge is 2.32. The Morgan fingerprint density at radius 2 is 2.00 bits per heavy atom.